The number of fused-ring (bicyclic) bond motifs is 1. The van der Waals surface area contributed by atoms with Crippen LogP contribution in [0.3, 0.4) is 0 Å². The molecular formula is C29H30Cl4FN5O2. The van der Waals surface area contributed by atoms with Crippen LogP contribution in [0.5, 0.6) is 5.75 Å². The molecule has 1 saturated heterocycles. The number of nitrogens with one attached hydrogen (secondary N) is 2. The van der Waals surface area contributed by atoms with Gasteiger partial charge in [-0.2, -0.15) is 0 Å². The number of phenols is 1. The number of halogens is 5. The molecule has 0 radical (unpaired) electrons. The van der Waals surface area contributed by atoms with Crippen LogP contribution in [0, 0.1) is 5.82 Å². The van der Waals surface area contributed by atoms with Crippen molar-refractivity contribution in [1.29, 1.82) is 0 Å². The number of aldehydes is 1. The molecule has 0 spiro atoms. The SMILES string of the molecule is CNC1CCN(c2ccc(Nc3c(C4(C=O)CC4)cnc4ccc(-c5cc(F)c(O)c(Cl)c5)cc34)cn2)C1.Cl.Cl.Cl. The van der Waals surface area contributed by atoms with Gasteiger partial charge in [0, 0.05) is 36.3 Å². The minimum atomic E-state index is -0.791. The number of hydrogen-bond acceptors (Lipinski definition) is 7. The van der Waals surface area contributed by atoms with Gasteiger partial charge in [0.1, 0.15) is 12.1 Å². The molecular weight excluding hydrogens is 611 g/mol. The molecule has 7 nitrogen and oxygen atoms in total. The fourth-order valence-corrected chi connectivity index (χ4v) is 5.41. The van der Waals surface area contributed by atoms with E-state index >= 15 is 0 Å². The zero-order valence-corrected chi connectivity index (χ0v) is 25.3. The second kappa shape index (κ2) is 13.0. The Morgan fingerprint density at radius 3 is 2.46 bits per heavy atom. The first-order valence-electron chi connectivity index (χ1n) is 12.6. The molecule has 2 aromatic heterocycles. The van der Waals surface area contributed by atoms with Crippen molar-refractivity contribution in [2.75, 3.05) is 30.4 Å². The number of likely N-dealkylation sites (N-methyl/N-ethyl adjacent to an activating group) is 1. The number of anilines is 3. The number of nitrogens with zero attached hydrogens (tertiary/aromatic N) is 3. The maximum atomic E-state index is 14.3. The average Bonchev–Trinajstić information content (AvgIpc) is 3.59. The largest absolute Gasteiger partial charge is 0.504 e. The number of aromatic hydroxyl groups is 1. The summed E-state index contributed by atoms with van der Waals surface area (Å²) in [4.78, 5) is 23.7. The summed E-state index contributed by atoms with van der Waals surface area (Å²) in [6, 6.07) is 12.8. The van der Waals surface area contributed by atoms with Crippen LogP contribution in [-0.4, -0.2) is 47.5 Å². The molecule has 2 aromatic carbocycles. The fraction of sp³-hybridized carbons (Fsp3) is 0.276. The van der Waals surface area contributed by atoms with Crippen LogP contribution >= 0.6 is 48.8 Å². The van der Waals surface area contributed by atoms with E-state index in [1.54, 1.807) is 12.4 Å². The van der Waals surface area contributed by atoms with Gasteiger partial charge in [-0.15, -0.1) is 37.2 Å². The molecule has 1 atom stereocenters. The Morgan fingerprint density at radius 2 is 1.85 bits per heavy atom. The summed E-state index contributed by atoms with van der Waals surface area (Å²) in [6.45, 7) is 1.87. The van der Waals surface area contributed by atoms with Crippen molar-refractivity contribution in [3.8, 4) is 16.9 Å². The van der Waals surface area contributed by atoms with Gasteiger partial charge >= 0.3 is 0 Å². The minimum absolute atomic E-state index is 0. The highest BCUT2D eigenvalue weighted by molar-refractivity contribution is 6.32. The van der Waals surface area contributed by atoms with E-state index in [9.17, 15) is 14.3 Å². The van der Waals surface area contributed by atoms with Crippen molar-refractivity contribution >= 4 is 83.2 Å². The molecule has 4 aromatic rings. The molecule has 1 unspecified atom stereocenters. The summed E-state index contributed by atoms with van der Waals surface area (Å²) in [7, 11) is 1.98. The van der Waals surface area contributed by atoms with E-state index in [0.717, 1.165) is 72.3 Å². The van der Waals surface area contributed by atoms with E-state index in [0.29, 0.717) is 17.2 Å². The molecule has 2 aliphatic rings. The van der Waals surface area contributed by atoms with Gasteiger partial charge in [0.15, 0.2) is 11.6 Å². The van der Waals surface area contributed by atoms with Crippen molar-refractivity contribution < 1.29 is 14.3 Å². The maximum Gasteiger partial charge on any atom is 0.170 e. The number of carbonyl (C=O) groups excluding carboxylic acids is 1. The normalized spacial score (nSPS) is 16.8. The monoisotopic (exact) mass is 639 g/mol. The first-order valence-corrected chi connectivity index (χ1v) is 13.0. The topological polar surface area (TPSA) is 90.4 Å². The minimum Gasteiger partial charge on any atom is -0.504 e. The van der Waals surface area contributed by atoms with Gasteiger partial charge in [0.05, 0.1) is 33.5 Å². The Morgan fingerprint density at radius 1 is 1.07 bits per heavy atom. The third-order valence-electron chi connectivity index (χ3n) is 7.71. The van der Waals surface area contributed by atoms with Crippen molar-refractivity contribution in [3.05, 3.63) is 71.3 Å². The van der Waals surface area contributed by atoms with E-state index in [2.05, 4.69) is 20.5 Å². The summed E-state index contributed by atoms with van der Waals surface area (Å²) < 4.78 is 14.3. The Hall–Kier alpha value is -2.88. The maximum absolute atomic E-state index is 14.3. The first-order chi connectivity index (χ1) is 18.4. The molecule has 0 bridgehead atoms. The zero-order chi connectivity index (χ0) is 26.4. The number of benzene rings is 2. The van der Waals surface area contributed by atoms with Gasteiger partial charge in [0.2, 0.25) is 0 Å². The smallest absolute Gasteiger partial charge is 0.170 e. The Bertz CT molecular complexity index is 1530. The van der Waals surface area contributed by atoms with Crippen LogP contribution in [-0.2, 0) is 10.2 Å². The lowest BCUT2D eigenvalue weighted by Crippen LogP contribution is -2.29. The second-order valence-electron chi connectivity index (χ2n) is 10.1. The van der Waals surface area contributed by atoms with Crippen molar-refractivity contribution in [1.82, 2.24) is 15.3 Å². The predicted octanol–water partition coefficient (Wildman–Crippen LogP) is 6.83. The van der Waals surface area contributed by atoms with E-state index in [1.807, 2.05) is 37.4 Å². The fourth-order valence-electron chi connectivity index (χ4n) is 5.20. The molecule has 0 amide bonds. The molecule has 6 rings (SSSR count). The van der Waals surface area contributed by atoms with E-state index in [4.69, 9.17) is 16.6 Å². The van der Waals surface area contributed by atoms with E-state index < -0.39 is 17.0 Å². The van der Waals surface area contributed by atoms with Gasteiger partial charge in [-0.25, -0.2) is 9.37 Å². The van der Waals surface area contributed by atoms with E-state index in [1.165, 1.54) is 12.1 Å². The van der Waals surface area contributed by atoms with Gasteiger partial charge in [0.25, 0.3) is 0 Å². The van der Waals surface area contributed by atoms with Gasteiger partial charge in [-0.1, -0.05) is 17.7 Å². The number of rotatable bonds is 7. The molecule has 1 aliphatic heterocycles. The average molecular weight is 641 g/mol. The lowest BCUT2D eigenvalue weighted by molar-refractivity contribution is -0.109. The third-order valence-corrected chi connectivity index (χ3v) is 7.99. The summed E-state index contributed by atoms with van der Waals surface area (Å²) in [5.41, 5.74) is 3.78. The highest BCUT2D eigenvalue weighted by atomic mass is 35.5. The Balaban J connectivity index is 0.00000154. The number of phenolic OH excluding ortho intramolecular Hbond substituents is 1. The first kappa shape index (κ1) is 32.6. The van der Waals surface area contributed by atoms with Crippen molar-refractivity contribution in [2.45, 2.75) is 30.7 Å². The number of pyridine rings is 2. The van der Waals surface area contributed by atoms with Crippen molar-refractivity contribution in [3.63, 3.8) is 0 Å². The number of hydrogen-bond donors (Lipinski definition) is 3. The highest BCUT2D eigenvalue weighted by Gasteiger charge is 2.46. The molecule has 1 saturated carbocycles. The third kappa shape index (κ3) is 6.17. The molecule has 1 aliphatic carbocycles. The Labute approximate surface area is 261 Å². The molecule has 2 fully saturated rings. The zero-order valence-electron chi connectivity index (χ0n) is 22.1. The van der Waals surface area contributed by atoms with Crippen LogP contribution in [0.4, 0.5) is 21.6 Å². The van der Waals surface area contributed by atoms with Crippen LogP contribution in [0.2, 0.25) is 5.02 Å². The van der Waals surface area contributed by atoms with Gasteiger partial charge < -0.3 is 25.4 Å². The second-order valence-corrected chi connectivity index (χ2v) is 10.5. The quantitative estimate of drug-likeness (QED) is 0.191. The van der Waals surface area contributed by atoms with Gasteiger partial charge in [-0.3, -0.25) is 4.98 Å². The highest BCUT2D eigenvalue weighted by Crippen LogP contribution is 2.51. The molecule has 41 heavy (non-hydrogen) atoms. The van der Waals surface area contributed by atoms with Gasteiger partial charge in [-0.05, 0) is 73.8 Å². The summed E-state index contributed by atoms with van der Waals surface area (Å²) in [5, 5.41) is 17.3. The standard InChI is InChI=1S/C29H27ClFN5O2.3ClH/c1-32-20-6-9-36(15-20)26-5-3-19(13-34-26)35-27-21-10-17(18-11-23(30)28(38)24(31)12-18)2-4-25(21)33-14-22(27)29(16-37)7-8-29;;;/h2-5,10-14,16,20,32,38H,6-9,15H2,1H3,(H,33,35);3*1H. The van der Waals surface area contributed by atoms with E-state index in [-0.39, 0.29) is 42.2 Å². The molecule has 12 heteroatoms. The lowest BCUT2D eigenvalue weighted by Gasteiger charge is -2.20. The molecule has 3 N–H and O–H groups in total. The van der Waals surface area contributed by atoms with Crippen molar-refractivity contribution in [2.24, 2.45) is 0 Å². The number of carbonyl (C=O) groups is 1. The molecule has 3 heterocycles. The summed E-state index contributed by atoms with van der Waals surface area (Å²) in [5.74, 6) is -0.440. The summed E-state index contributed by atoms with van der Waals surface area (Å²) >= 11 is 6.05. The van der Waals surface area contributed by atoms with Crippen LogP contribution < -0.4 is 15.5 Å². The van der Waals surface area contributed by atoms with Crippen LogP contribution in [0.1, 0.15) is 24.8 Å². The lowest BCUT2D eigenvalue weighted by atomic mass is 9.94. The predicted molar refractivity (Wildman–Crippen MR) is 170 cm³/mol. The molecule has 218 valence electrons. The summed E-state index contributed by atoms with van der Waals surface area (Å²) in [6.07, 6.45) is 7.18. The van der Waals surface area contributed by atoms with Crippen LogP contribution in [0.25, 0.3) is 22.0 Å². The Kier molecular flexibility index (Phi) is 10.3. The number of aromatic nitrogens is 2. The van der Waals surface area contributed by atoms with Crippen LogP contribution in [0.15, 0.2) is 54.9 Å².